The van der Waals surface area contributed by atoms with Crippen LogP contribution in [0, 0.1) is 5.92 Å². The molecular formula is C23H26N4O5. The van der Waals surface area contributed by atoms with Crippen molar-refractivity contribution in [1.29, 1.82) is 0 Å². The Labute approximate surface area is 185 Å². The minimum atomic E-state index is -0.608. The molecule has 2 saturated heterocycles. The van der Waals surface area contributed by atoms with Crippen LogP contribution in [0.4, 0.5) is 5.82 Å². The van der Waals surface area contributed by atoms with Gasteiger partial charge in [0.2, 0.25) is 5.91 Å². The van der Waals surface area contributed by atoms with Crippen molar-refractivity contribution in [3.05, 3.63) is 36.3 Å². The molecule has 9 heteroatoms. The summed E-state index contributed by atoms with van der Waals surface area (Å²) in [6.45, 7) is 4.56. The van der Waals surface area contributed by atoms with Crippen LogP contribution in [0.1, 0.15) is 19.0 Å². The van der Waals surface area contributed by atoms with E-state index in [2.05, 4.69) is 15.3 Å². The summed E-state index contributed by atoms with van der Waals surface area (Å²) in [5, 5.41) is 3.64. The van der Waals surface area contributed by atoms with Gasteiger partial charge in [-0.1, -0.05) is 0 Å². The Hall–Kier alpha value is -3.01. The molecular weight excluding hydrogens is 412 g/mol. The molecule has 1 amide bonds. The van der Waals surface area contributed by atoms with Crippen LogP contribution in [0.3, 0.4) is 0 Å². The number of H-pyrrole nitrogens is 1. The van der Waals surface area contributed by atoms with Gasteiger partial charge in [0.1, 0.15) is 17.2 Å². The third kappa shape index (κ3) is 3.94. The average molecular weight is 438 g/mol. The van der Waals surface area contributed by atoms with E-state index in [1.54, 1.807) is 13.3 Å². The van der Waals surface area contributed by atoms with Crippen molar-refractivity contribution in [2.75, 3.05) is 45.5 Å². The third-order valence-corrected chi connectivity index (χ3v) is 5.98. The van der Waals surface area contributed by atoms with Gasteiger partial charge in [-0.05, 0) is 6.07 Å². The van der Waals surface area contributed by atoms with Gasteiger partial charge in [-0.2, -0.15) is 0 Å². The number of carbonyl (C=O) groups is 1. The van der Waals surface area contributed by atoms with E-state index < -0.39 is 5.60 Å². The molecule has 5 rings (SSSR count). The fourth-order valence-electron chi connectivity index (χ4n) is 4.05. The Bertz CT molecular complexity index is 1130. The maximum Gasteiger partial charge on any atom is 0.222 e. The Morgan fingerprint density at radius 3 is 2.88 bits per heavy atom. The Kier molecular flexibility index (Phi) is 5.54. The molecule has 168 valence electrons. The first-order valence-corrected chi connectivity index (χ1v) is 10.7. The van der Waals surface area contributed by atoms with Crippen molar-refractivity contribution in [2.45, 2.75) is 18.9 Å². The molecule has 0 saturated carbocycles. The van der Waals surface area contributed by atoms with E-state index in [0.717, 1.165) is 53.2 Å². The lowest BCUT2D eigenvalue weighted by atomic mass is 9.96. The molecule has 32 heavy (non-hydrogen) atoms. The van der Waals surface area contributed by atoms with E-state index >= 15 is 0 Å². The van der Waals surface area contributed by atoms with Crippen LogP contribution in [0.15, 0.2) is 30.6 Å². The molecule has 1 atom stereocenters. The number of carbonyl (C=O) groups excluding carboxylic acids is 1. The van der Waals surface area contributed by atoms with Gasteiger partial charge in [0.25, 0.3) is 0 Å². The lowest BCUT2D eigenvalue weighted by Gasteiger charge is -2.28. The average Bonchev–Trinajstić information content (AvgIpc) is 3.40. The summed E-state index contributed by atoms with van der Waals surface area (Å²) in [6.07, 6.45) is 4.31. The Balaban J connectivity index is 1.57. The van der Waals surface area contributed by atoms with E-state index in [1.807, 2.05) is 24.4 Å². The zero-order chi connectivity index (χ0) is 22.1. The zero-order valence-electron chi connectivity index (χ0n) is 18.1. The van der Waals surface area contributed by atoms with Gasteiger partial charge in [-0.15, -0.1) is 0 Å². The number of aromatic amines is 1. The summed E-state index contributed by atoms with van der Waals surface area (Å²) in [4.78, 5) is 24.0. The van der Waals surface area contributed by atoms with E-state index in [9.17, 15) is 4.79 Å². The summed E-state index contributed by atoms with van der Waals surface area (Å²) >= 11 is 0. The molecule has 0 aliphatic carbocycles. The van der Waals surface area contributed by atoms with Crippen molar-refractivity contribution in [3.8, 4) is 17.0 Å². The second-order valence-corrected chi connectivity index (χ2v) is 8.29. The van der Waals surface area contributed by atoms with Crippen molar-refractivity contribution in [2.24, 2.45) is 5.92 Å². The maximum absolute atomic E-state index is 11.5. The predicted molar refractivity (Wildman–Crippen MR) is 118 cm³/mol. The van der Waals surface area contributed by atoms with Gasteiger partial charge in [0, 0.05) is 62.3 Å². The number of rotatable bonds is 7. The van der Waals surface area contributed by atoms with Gasteiger partial charge >= 0.3 is 0 Å². The zero-order valence-corrected chi connectivity index (χ0v) is 18.1. The highest BCUT2D eigenvalue weighted by Crippen LogP contribution is 2.38. The first-order chi connectivity index (χ1) is 15.6. The molecule has 3 aromatic heterocycles. The number of fused-ring (bicyclic) bond motifs is 1. The number of hydrogen-bond donors (Lipinski definition) is 2. The van der Waals surface area contributed by atoms with Crippen LogP contribution >= 0.6 is 0 Å². The van der Waals surface area contributed by atoms with Crippen LogP contribution in [-0.2, 0) is 24.6 Å². The van der Waals surface area contributed by atoms with E-state index in [-0.39, 0.29) is 5.91 Å². The first-order valence-electron chi connectivity index (χ1n) is 10.7. The summed E-state index contributed by atoms with van der Waals surface area (Å²) in [7, 11) is 1.69. The fourth-order valence-corrected chi connectivity index (χ4v) is 4.05. The second-order valence-electron chi connectivity index (χ2n) is 8.29. The molecule has 9 nitrogen and oxygen atoms in total. The number of ether oxygens (including phenoxy) is 4. The molecule has 0 spiro atoms. The van der Waals surface area contributed by atoms with E-state index in [1.165, 1.54) is 6.92 Å². The normalized spacial score (nSPS) is 20.9. The smallest absolute Gasteiger partial charge is 0.222 e. The molecule has 1 unspecified atom stereocenters. The first kappa shape index (κ1) is 20.9. The molecule has 2 N–H and O–H groups in total. The number of hydrogen-bond acceptors (Lipinski definition) is 7. The summed E-state index contributed by atoms with van der Waals surface area (Å²) in [5.74, 6) is 1.44. The van der Waals surface area contributed by atoms with E-state index in [0.29, 0.717) is 31.6 Å². The van der Waals surface area contributed by atoms with Gasteiger partial charge < -0.3 is 29.2 Å². The van der Waals surface area contributed by atoms with Gasteiger partial charge in [-0.3, -0.25) is 4.79 Å². The number of anilines is 1. The minimum absolute atomic E-state index is 0.173. The predicted octanol–water partition coefficient (Wildman–Crippen LogP) is 2.87. The second kappa shape index (κ2) is 8.50. The highest BCUT2D eigenvalue weighted by molar-refractivity contribution is 5.97. The lowest BCUT2D eigenvalue weighted by Crippen LogP contribution is -2.33. The third-order valence-electron chi connectivity index (χ3n) is 5.98. The SMILES string of the molecule is COC1(c2cc(OCC3COC3)cc(-c3c[nH]c4cnc(NC(C)=O)cc34)n2)CCOC1. The number of pyridine rings is 2. The largest absolute Gasteiger partial charge is 0.493 e. The van der Waals surface area contributed by atoms with Gasteiger partial charge in [-0.25, -0.2) is 9.97 Å². The van der Waals surface area contributed by atoms with Crippen molar-refractivity contribution in [1.82, 2.24) is 15.0 Å². The van der Waals surface area contributed by atoms with Crippen LogP contribution in [0.5, 0.6) is 5.75 Å². The quantitative estimate of drug-likeness (QED) is 0.584. The topological polar surface area (TPSA) is 108 Å². The number of nitrogens with zero attached hydrogens (tertiary/aromatic N) is 2. The van der Waals surface area contributed by atoms with Crippen LogP contribution in [0.25, 0.3) is 22.2 Å². The van der Waals surface area contributed by atoms with Crippen molar-refractivity contribution >= 4 is 22.6 Å². The molecule has 2 aliphatic heterocycles. The number of aromatic nitrogens is 3. The van der Waals surface area contributed by atoms with Crippen LogP contribution in [-0.4, -0.2) is 61.0 Å². The van der Waals surface area contributed by atoms with Crippen LogP contribution in [0.2, 0.25) is 0 Å². The van der Waals surface area contributed by atoms with E-state index in [4.69, 9.17) is 23.9 Å². The number of amides is 1. The summed E-state index contributed by atoms with van der Waals surface area (Å²) in [6, 6.07) is 5.72. The molecule has 5 heterocycles. The monoisotopic (exact) mass is 438 g/mol. The molecule has 2 aliphatic rings. The molecule has 0 bridgehead atoms. The standard InChI is InChI=1S/C23H26N4O5/c1-14(28)26-22-7-17-18(8-24-20(17)9-25-22)19-5-16(32-12-15-10-31-11-15)6-21(27-19)23(29-2)3-4-30-13-23/h5-9,15,24H,3-4,10-13H2,1-2H3,(H,25,26,28). The Morgan fingerprint density at radius 2 is 2.19 bits per heavy atom. The lowest BCUT2D eigenvalue weighted by molar-refractivity contribution is -0.114. The van der Waals surface area contributed by atoms with Gasteiger partial charge in [0.15, 0.2) is 0 Å². The number of methoxy groups -OCH3 is 1. The molecule has 0 aromatic carbocycles. The maximum atomic E-state index is 11.5. The van der Waals surface area contributed by atoms with Gasteiger partial charge in [0.05, 0.1) is 49.5 Å². The molecule has 3 aromatic rings. The minimum Gasteiger partial charge on any atom is -0.493 e. The highest BCUT2D eigenvalue weighted by atomic mass is 16.5. The highest BCUT2D eigenvalue weighted by Gasteiger charge is 2.39. The van der Waals surface area contributed by atoms with Crippen molar-refractivity contribution in [3.63, 3.8) is 0 Å². The molecule has 0 radical (unpaired) electrons. The van der Waals surface area contributed by atoms with Crippen LogP contribution < -0.4 is 10.1 Å². The summed E-state index contributed by atoms with van der Waals surface area (Å²) < 4.78 is 22.9. The molecule has 2 fully saturated rings. The fraction of sp³-hybridized carbons (Fsp3) is 0.435. The van der Waals surface area contributed by atoms with Crippen molar-refractivity contribution < 1.29 is 23.7 Å². The summed E-state index contributed by atoms with van der Waals surface area (Å²) in [5.41, 5.74) is 2.65. The Morgan fingerprint density at radius 1 is 1.31 bits per heavy atom. The number of nitrogens with one attached hydrogen (secondary N) is 2.